The van der Waals surface area contributed by atoms with E-state index in [0.717, 1.165) is 15.1 Å². The molecule has 20 heavy (non-hydrogen) atoms. The summed E-state index contributed by atoms with van der Waals surface area (Å²) in [6.07, 6.45) is -4.72. The zero-order valence-corrected chi connectivity index (χ0v) is 11.5. The van der Waals surface area contributed by atoms with E-state index in [9.17, 15) is 13.2 Å². The van der Waals surface area contributed by atoms with Crippen LogP contribution in [-0.4, -0.2) is 41.9 Å². The molecule has 1 saturated heterocycles. The summed E-state index contributed by atoms with van der Waals surface area (Å²) in [5, 5.41) is 0.804. The standard InChI is InChI=1S/C12H12F3N3OS/c1-7-4-8-10(16-6-17-11(8)20-7)18-2-3-19-9(5-18)12(13,14)15/h4,6,9H,2-3,5H2,1H3/t9-/m1/s1. The topological polar surface area (TPSA) is 38.2 Å². The molecule has 0 amide bonds. The fourth-order valence-corrected chi connectivity index (χ4v) is 3.10. The maximum absolute atomic E-state index is 12.8. The van der Waals surface area contributed by atoms with Gasteiger partial charge in [0.15, 0.2) is 6.10 Å². The zero-order chi connectivity index (χ0) is 14.3. The summed E-state index contributed by atoms with van der Waals surface area (Å²) >= 11 is 1.51. The number of alkyl halides is 3. The van der Waals surface area contributed by atoms with Gasteiger partial charge in [0.05, 0.1) is 18.5 Å². The van der Waals surface area contributed by atoms with E-state index >= 15 is 0 Å². The molecule has 0 aliphatic carbocycles. The Morgan fingerprint density at radius 3 is 2.95 bits per heavy atom. The van der Waals surface area contributed by atoms with Gasteiger partial charge in [0, 0.05) is 11.4 Å². The number of nitrogens with zero attached hydrogens (tertiary/aromatic N) is 3. The van der Waals surface area contributed by atoms with E-state index in [0.29, 0.717) is 12.4 Å². The van der Waals surface area contributed by atoms with Gasteiger partial charge in [-0.15, -0.1) is 11.3 Å². The molecule has 2 aromatic heterocycles. The summed E-state index contributed by atoms with van der Waals surface area (Å²) < 4.78 is 43.1. The van der Waals surface area contributed by atoms with Crippen molar-refractivity contribution in [2.45, 2.75) is 19.2 Å². The van der Waals surface area contributed by atoms with Crippen LogP contribution in [0.5, 0.6) is 0 Å². The molecule has 0 aromatic carbocycles. The highest BCUT2D eigenvalue weighted by Gasteiger charge is 2.43. The number of hydrogen-bond donors (Lipinski definition) is 0. The Morgan fingerprint density at radius 2 is 2.20 bits per heavy atom. The molecule has 0 N–H and O–H groups in total. The van der Waals surface area contributed by atoms with Crippen molar-refractivity contribution in [3.8, 4) is 0 Å². The van der Waals surface area contributed by atoms with Crippen LogP contribution in [0.2, 0.25) is 0 Å². The monoisotopic (exact) mass is 303 g/mol. The molecule has 8 heteroatoms. The molecule has 2 aromatic rings. The van der Waals surface area contributed by atoms with Gasteiger partial charge in [0.2, 0.25) is 0 Å². The van der Waals surface area contributed by atoms with E-state index in [-0.39, 0.29) is 13.2 Å². The van der Waals surface area contributed by atoms with E-state index in [4.69, 9.17) is 4.74 Å². The molecule has 0 radical (unpaired) electrons. The summed E-state index contributed by atoms with van der Waals surface area (Å²) in [6, 6.07) is 1.91. The summed E-state index contributed by atoms with van der Waals surface area (Å²) in [5.74, 6) is 0.553. The van der Waals surface area contributed by atoms with Gasteiger partial charge in [0.25, 0.3) is 0 Å². The molecule has 0 unspecified atom stereocenters. The predicted molar refractivity (Wildman–Crippen MR) is 70.2 cm³/mol. The number of morpholine rings is 1. The van der Waals surface area contributed by atoms with Crippen molar-refractivity contribution >= 4 is 27.4 Å². The number of aryl methyl sites for hydroxylation is 1. The van der Waals surface area contributed by atoms with Crippen molar-refractivity contribution in [2.24, 2.45) is 0 Å². The number of fused-ring (bicyclic) bond motifs is 1. The lowest BCUT2D eigenvalue weighted by molar-refractivity contribution is -0.221. The van der Waals surface area contributed by atoms with Crippen molar-refractivity contribution in [3.05, 3.63) is 17.3 Å². The Balaban J connectivity index is 1.94. The van der Waals surface area contributed by atoms with Gasteiger partial charge >= 0.3 is 6.18 Å². The Hall–Kier alpha value is -1.41. The number of halogens is 3. The first-order chi connectivity index (χ1) is 9.45. The third-order valence-corrected chi connectivity index (χ3v) is 4.12. The number of anilines is 1. The second-order valence-electron chi connectivity index (χ2n) is 4.62. The van der Waals surface area contributed by atoms with Crippen molar-refractivity contribution in [3.63, 3.8) is 0 Å². The predicted octanol–water partition coefficient (Wildman–Crippen LogP) is 2.77. The Kier molecular flexibility index (Phi) is 3.29. The molecular formula is C12H12F3N3OS. The van der Waals surface area contributed by atoms with Gasteiger partial charge in [0.1, 0.15) is 17.0 Å². The van der Waals surface area contributed by atoms with Crippen LogP contribution < -0.4 is 4.90 Å². The van der Waals surface area contributed by atoms with Crippen LogP contribution in [0.25, 0.3) is 10.2 Å². The van der Waals surface area contributed by atoms with Gasteiger partial charge in [-0.2, -0.15) is 13.2 Å². The van der Waals surface area contributed by atoms with Crippen molar-refractivity contribution in [1.82, 2.24) is 9.97 Å². The fourth-order valence-electron chi connectivity index (χ4n) is 2.26. The van der Waals surface area contributed by atoms with Crippen LogP contribution in [-0.2, 0) is 4.74 Å². The summed E-state index contributed by atoms with van der Waals surface area (Å²) in [4.78, 5) is 11.8. The number of rotatable bonds is 1. The first kappa shape index (κ1) is 13.6. The van der Waals surface area contributed by atoms with Crippen LogP contribution >= 0.6 is 11.3 Å². The molecule has 108 valence electrons. The Morgan fingerprint density at radius 1 is 1.40 bits per heavy atom. The van der Waals surface area contributed by atoms with Crippen molar-refractivity contribution < 1.29 is 17.9 Å². The molecule has 4 nitrogen and oxygen atoms in total. The SMILES string of the molecule is Cc1cc2c(N3CCO[C@@H](C(F)(F)F)C3)ncnc2s1. The first-order valence-corrected chi connectivity index (χ1v) is 6.91. The van der Waals surface area contributed by atoms with Crippen LogP contribution in [0.15, 0.2) is 12.4 Å². The van der Waals surface area contributed by atoms with Crippen LogP contribution in [0.1, 0.15) is 4.88 Å². The maximum atomic E-state index is 12.8. The van der Waals surface area contributed by atoms with Crippen molar-refractivity contribution in [1.29, 1.82) is 0 Å². The quantitative estimate of drug-likeness (QED) is 0.812. The van der Waals surface area contributed by atoms with Gasteiger partial charge in [-0.25, -0.2) is 9.97 Å². The number of thiophene rings is 1. The molecule has 0 spiro atoms. The number of aromatic nitrogens is 2. The van der Waals surface area contributed by atoms with Crippen LogP contribution in [0, 0.1) is 6.92 Å². The van der Waals surface area contributed by atoms with Gasteiger partial charge in [-0.05, 0) is 13.0 Å². The van der Waals surface area contributed by atoms with Crippen LogP contribution in [0.3, 0.4) is 0 Å². The number of hydrogen-bond acceptors (Lipinski definition) is 5. The van der Waals surface area contributed by atoms with E-state index in [1.54, 1.807) is 4.90 Å². The molecule has 3 rings (SSSR count). The molecule has 0 saturated carbocycles. The van der Waals surface area contributed by atoms with Gasteiger partial charge < -0.3 is 9.64 Å². The minimum absolute atomic E-state index is 0.0405. The fraction of sp³-hybridized carbons (Fsp3) is 0.500. The van der Waals surface area contributed by atoms with E-state index < -0.39 is 12.3 Å². The average Bonchev–Trinajstić information content (AvgIpc) is 2.77. The second-order valence-corrected chi connectivity index (χ2v) is 5.85. The highest BCUT2D eigenvalue weighted by Crippen LogP contribution is 2.32. The smallest absolute Gasteiger partial charge is 0.365 e. The highest BCUT2D eigenvalue weighted by molar-refractivity contribution is 7.18. The number of ether oxygens (including phenoxy) is 1. The summed E-state index contributed by atoms with van der Waals surface area (Å²) in [6.45, 7) is 2.14. The average molecular weight is 303 g/mol. The minimum Gasteiger partial charge on any atom is -0.365 e. The van der Waals surface area contributed by atoms with Crippen molar-refractivity contribution in [2.75, 3.05) is 24.6 Å². The third kappa shape index (κ3) is 2.45. The molecule has 1 atom stereocenters. The second kappa shape index (κ2) is 4.85. The maximum Gasteiger partial charge on any atom is 0.416 e. The highest BCUT2D eigenvalue weighted by atomic mass is 32.1. The zero-order valence-electron chi connectivity index (χ0n) is 10.6. The lowest BCUT2D eigenvalue weighted by Crippen LogP contribution is -2.49. The molecule has 1 aliphatic heterocycles. The molecule has 0 bridgehead atoms. The van der Waals surface area contributed by atoms with E-state index in [2.05, 4.69) is 9.97 Å². The Bertz CT molecular complexity index is 628. The Labute approximate surface area is 117 Å². The molecule has 1 aliphatic rings. The van der Waals surface area contributed by atoms with Crippen LogP contribution in [0.4, 0.5) is 19.0 Å². The lowest BCUT2D eigenvalue weighted by atomic mass is 10.2. The van der Waals surface area contributed by atoms with Gasteiger partial charge in [-0.3, -0.25) is 0 Å². The normalized spacial score (nSPS) is 20.6. The third-order valence-electron chi connectivity index (χ3n) is 3.16. The molecule has 1 fully saturated rings. The molecule has 3 heterocycles. The molecular weight excluding hydrogens is 291 g/mol. The first-order valence-electron chi connectivity index (χ1n) is 6.09. The summed E-state index contributed by atoms with van der Waals surface area (Å²) in [7, 11) is 0. The van der Waals surface area contributed by atoms with E-state index in [1.165, 1.54) is 17.7 Å². The largest absolute Gasteiger partial charge is 0.416 e. The minimum atomic E-state index is -4.35. The lowest BCUT2D eigenvalue weighted by Gasteiger charge is -2.34. The van der Waals surface area contributed by atoms with E-state index in [1.807, 2.05) is 13.0 Å². The van der Waals surface area contributed by atoms with Gasteiger partial charge in [-0.1, -0.05) is 0 Å². The summed E-state index contributed by atoms with van der Waals surface area (Å²) in [5.41, 5.74) is 0.